The van der Waals surface area contributed by atoms with Crippen LogP contribution >= 0.6 is 24.8 Å². The van der Waals surface area contributed by atoms with Gasteiger partial charge in [0.1, 0.15) is 0 Å². The van der Waals surface area contributed by atoms with Crippen LogP contribution in [0, 0.1) is 6.92 Å². The van der Waals surface area contributed by atoms with E-state index in [4.69, 9.17) is 4.42 Å². The topological polar surface area (TPSA) is 58.4 Å². The van der Waals surface area contributed by atoms with Gasteiger partial charge in [-0.15, -0.1) is 24.8 Å². The van der Waals surface area contributed by atoms with Gasteiger partial charge in [-0.2, -0.15) is 0 Å². The normalized spacial score (nSPS) is 16.7. The van der Waals surface area contributed by atoms with E-state index in [1.165, 1.54) is 0 Å². The molecule has 25 heavy (non-hydrogen) atoms. The Hall–Kier alpha value is -1.56. The van der Waals surface area contributed by atoms with Gasteiger partial charge in [0.25, 0.3) is 0 Å². The minimum Gasteiger partial charge on any atom is -0.440 e. The second-order valence-corrected chi connectivity index (χ2v) is 6.03. The van der Waals surface area contributed by atoms with E-state index in [1.54, 1.807) is 0 Å². The number of halogens is 2. The number of carbonyl (C=O) groups is 1. The van der Waals surface area contributed by atoms with Crippen LogP contribution in [0.3, 0.4) is 0 Å². The third kappa shape index (κ3) is 5.21. The van der Waals surface area contributed by atoms with Crippen LogP contribution in [0.25, 0.3) is 11.3 Å². The second kappa shape index (κ2) is 9.80. The number of oxazole rings is 1. The number of hydrogen-bond acceptors (Lipinski definition) is 4. The van der Waals surface area contributed by atoms with Crippen LogP contribution in [0.5, 0.6) is 0 Å². The van der Waals surface area contributed by atoms with Gasteiger partial charge in [0.05, 0.1) is 5.69 Å². The van der Waals surface area contributed by atoms with Crippen molar-refractivity contribution in [2.24, 2.45) is 0 Å². The molecule has 138 valence electrons. The molecular weight excluding hydrogens is 361 g/mol. The van der Waals surface area contributed by atoms with E-state index in [0.717, 1.165) is 36.7 Å². The molecule has 0 aliphatic carbocycles. The molecule has 0 spiro atoms. The minimum absolute atomic E-state index is 0. The maximum absolute atomic E-state index is 12.4. The van der Waals surface area contributed by atoms with Gasteiger partial charge in [-0.1, -0.05) is 30.3 Å². The molecule has 7 heteroatoms. The average Bonchev–Trinajstić information content (AvgIpc) is 2.95. The fourth-order valence-corrected chi connectivity index (χ4v) is 2.99. The monoisotopic (exact) mass is 385 g/mol. The van der Waals surface area contributed by atoms with E-state index < -0.39 is 0 Å². The van der Waals surface area contributed by atoms with Crippen molar-refractivity contribution < 1.29 is 9.21 Å². The van der Waals surface area contributed by atoms with Crippen LogP contribution in [0.15, 0.2) is 34.7 Å². The Labute approximate surface area is 161 Å². The minimum atomic E-state index is 0. The van der Waals surface area contributed by atoms with Gasteiger partial charge in [-0.3, -0.25) is 4.79 Å². The SMILES string of the molecule is Cc1nc(CCC(=O)N2CCNC[C@@H]2C)oc1-c1ccccc1.Cl.Cl. The first kappa shape index (κ1) is 21.5. The number of carbonyl (C=O) groups excluding carboxylic acids is 1. The fraction of sp³-hybridized carbons (Fsp3) is 0.444. The first-order valence-corrected chi connectivity index (χ1v) is 8.17. The molecule has 1 amide bonds. The van der Waals surface area contributed by atoms with Crippen molar-refractivity contribution in [1.82, 2.24) is 15.2 Å². The largest absolute Gasteiger partial charge is 0.440 e. The zero-order valence-corrected chi connectivity index (χ0v) is 16.2. The highest BCUT2D eigenvalue weighted by molar-refractivity contribution is 5.85. The van der Waals surface area contributed by atoms with Crippen molar-refractivity contribution >= 4 is 30.7 Å². The lowest BCUT2D eigenvalue weighted by molar-refractivity contribution is -0.134. The van der Waals surface area contributed by atoms with Crippen LogP contribution in [-0.2, 0) is 11.2 Å². The number of aromatic nitrogens is 1. The molecule has 1 aliphatic rings. The maximum Gasteiger partial charge on any atom is 0.223 e. The second-order valence-electron chi connectivity index (χ2n) is 6.03. The summed E-state index contributed by atoms with van der Waals surface area (Å²) in [5, 5.41) is 3.30. The highest BCUT2D eigenvalue weighted by Gasteiger charge is 2.23. The third-order valence-corrected chi connectivity index (χ3v) is 4.25. The van der Waals surface area contributed by atoms with Crippen molar-refractivity contribution in [3.63, 3.8) is 0 Å². The molecule has 5 nitrogen and oxygen atoms in total. The van der Waals surface area contributed by atoms with Crippen molar-refractivity contribution in [3.05, 3.63) is 41.9 Å². The Bertz CT molecular complexity index is 676. The number of amides is 1. The van der Waals surface area contributed by atoms with Gasteiger partial charge in [-0.05, 0) is 13.8 Å². The summed E-state index contributed by atoms with van der Waals surface area (Å²) in [5.41, 5.74) is 1.89. The van der Waals surface area contributed by atoms with Gasteiger partial charge in [0, 0.05) is 44.1 Å². The molecule has 0 bridgehead atoms. The average molecular weight is 386 g/mol. The Morgan fingerprint density at radius 1 is 1.32 bits per heavy atom. The van der Waals surface area contributed by atoms with E-state index in [2.05, 4.69) is 17.2 Å². The van der Waals surface area contributed by atoms with Gasteiger partial charge in [0.15, 0.2) is 11.7 Å². The smallest absolute Gasteiger partial charge is 0.223 e. The summed E-state index contributed by atoms with van der Waals surface area (Å²) < 4.78 is 5.87. The summed E-state index contributed by atoms with van der Waals surface area (Å²) in [7, 11) is 0. The van der Waals surface area contributed by atoms with E-state index in [0.29, 0.717) is 18.7 Å². The Balaban J connectivity index is 0.00000156. The quantitative estimate of drug-likeness (QED) is 0.877. The van der Waals surface area contributed by atoms with E-state index in [-0.39, 0.29) is 36.8 Å². The van der Waals surface area contributed by atoms with E-state index >= 15 is 0 Å². The lowest BCUT2D eigenvalue weighted by atomic mass is 10.1. The summed E-state index contributed by atoms with van der Waals surface area (Å²) in [6.45, 7) is 6.52. The number of nitrogens with one attached hydrogen (secondary N) is 1. The summed E-state index contributed by atoms with van der Waals surface area (Å²) in [6, 6.07) is 10.2. The fourth-order valence-electron chi connectivity index (χ4n) is 2.99. The summed E-state index contributed by atoms with van der Waals surface area (Å²) >= 11 is 0. The molecule has 0 saturated carbocycles. The molecule has 1 fully saturated rings. The molecule has 0 unspecified atom stereocenters. The van der Waals surface area contributed by atoms with Crippen molar-refractivity contribution in [2.45, 2.75) is 32.7 Å². The first-order valence-electron chi connectivity index (χ1n) is 8.17. The zero-order chi connectivity index (χ0) is 16.2. The summed E-state index contributed by atoms with van der Waals surface area (Å²) in [6.07, 6.45) is 0.988. The van der Waals surface area contributed by atoms with Gasteiger partial charge < -0.3 is 14.6 Å². The molecule has 1 atom stereocenters. The van der Waals surface area contributed by atoms with Crippen molar-refractivity contribution in [1.29, 1.82) is 0 Å². The number of rotatable bonds is 4. The van der Waals surface area contributed by atoms with Gasteiger partial charge in [0.2, 0.25) is 5.91 Å². The predicted octanol–water partition coefficient (Wildman–Crippen LogP) is 3.25. The Morgan fingerprint density at radius 2 is 2.04 bits per heavy atom. The molecular formula is C18H25Cl2N3O2. The summed E-state index contributed by atoms with van der Waals surface area (Å²) in [5.74, 6) is 1.61. The number of aryl methyl sites for hydroxylation is 2. The standard InChI is InChI=1S/C18H23N3O2.2ClH/c1-13-12-19-10-11-21(13)17(22)9-8-16-20-14(2)18(23-16)15-6-4-3-5-7-15;;/h3-7,13,19H,8-12H2,1-2H3;2*1H/t13-;;/m0../s1. The lowest BCUT2D eigenvalue weighted by Crippen LogP contribution is -2.52. The number of nitrogens with zero attached hydrogens (tertiary/aromatic N) is 2. The molecule has 3 rings (SSSR count). The van der Waals surface area contributed by atoms with Crippen LogP contribution in [0.2, 0.25) is 0 Å². The molecule has 1 saturated heterocycles. The summed E-state index contributed by atoms with van der Waals surface area (Å²) in [4.78, 5) is 18.8. The van der Waals surface area contributed by atoms with Gasteiger partial charge in [-0.25, -0.2) is 4.98 Å². The van der Waals surface area contributed by atoms with Crippen LogP contribution < -0.4 is 5.32 Å². The molecule has 2 heterocycles. The van der Waals surface area contributed by atoms with Crippen LogP contribution in [0.1, 0.15) is 24.9 Å². The number of hydrogen-bond donors (Lipinski definition) is 1. The van der Waals surface area contributed by atoms with E-state index in [9.17, 15) is 4.79 Å². The molecule has 1 aromatic heterocycles. The Morgan fingerprint density at radius 3 is 2.72 bits per heavy atom. The van der Waals surface area contributed by atoms with Gasteiger partial charge >= 0.3 is 0 Å². The molecule has 1 N–H and O–H groups in total. The van der Waals surface area contributed by atoms with Crippen LogP contribution in [0.4, 0.5) is 0 Å². The van der Waals surface area contributed by atoms with Crippen molar-refractivity contribution in [2.75, 3.05) is 19.6 Å². The predicted molar refractivity (Wildman–Crippen MR) is 104 cm³/mol. The highest BCUT2D eigenvalue weighted by Crippen LogP contribution is 2.24. The lowest BCUT2D eigenvalue weighted by Gasteiger charge is -2.34. The molecule has 0 radical (unpaired) electrons. The third-order valence-electron chi connectivity index (χ3n) is 4.25. The molecule has 2 aromatic rings. The number of benzene rings is 1. The number of piperazine rings is 1. The molecule has 1 aromatic carbocycles. The van der Waals surface area contributed by atoms with E-state index in [1.807, 2.05) is 42.2 Å². The zero-order valence-electron chi connectivity index (χ0n) is 14.5. The first-order chi connectivity index (χ1) is 11.1. The van der Waals surface area contributed by atoms with Crippen LogP contribution in [-0.4, -0.2) is 41.5 Å². The molecule has 1 aliphatic heterocycles. The highest BCUT2D eigenvalue weighted by atomic mass is 35.5. The maximum atomic E-state index is 12.4. The Kier molecular flexibility index (Phi) is 8.42. The van der Waals surface area contributed by atoms with Crippen molar-refractivity contribution in [3.8, 4) is 11.3 Å².